The number of halogens is 2. The molecule has 0 atom stereocenters. The van der Waals surface area contributed by atoms with Crippen molar-refractivity contribution >= 4 is 39.9 Å². The van der Waals surface area contributed by atoms with Gasteiger partial charge in [0, 0.05) is 48.5 Å². The molecular formula is C21H21ClFN5O2S. The molecule has 1 aromatic carbocycles. The van der Waals surface area contributed by atoms with Gasteiger partial charge < -0.3 is 10.3 Å². The molecule has 3 N–H and O–H groups in total. The lowest BCUT2D eigenvalue weighted by molar-refractivity contribution is 0.0903. The minimum Gasteiger partial charge on any atom is -0.364 e. The SMILES string of the molecule is O=C(Nc1nc(C(=O)NC2CCN(Cc3ccc[nH]3)CC2)cs1)c1ccc(F)c(Cl)c1. The quantitative estimate of drug-likeness (QED) is 0.519. The number of rotatable bonds is 6. The van der Waals surface area contributed by atoms with Gasteiger partial charge in [-0.1, -0.05) is 11.6 Å². The maximum Gasteiger partial charge on any atom is 0.271 e. The summed E-state index contributed by atoms with van der Waals surface area (Å²) in [7, 11) is 0. The van der Waals surface area contributed by atoms with Crippen molar-refractivity contribution in [3.63, 3.8) is 0 Å². The number of piperidine rings is 1. The molecule has 3 aromatic rings. The van der Waals surface area contributed by atoms with E-state index in [1.165, 1.54) is 17.8 Å². The van der Waals surface area contributed by atoms with E-state index in [1.807, 2.05) is 12.3 Å². The molecule has 10 heteroatoms. The largest absolute Gasteiger partial charge is 0.364 e. The van der Waals surface area contributed by atoms with E-state index in [0.717, 1.165) is 49.9 Å². The maximum atomic E-state index is 13.3. The van der Waals surface area contributed by atoms with Crippen molar-refractivity contribution in [3.05, 3.63) is 69.7 Å². The fourth-order valence-corrected chi connectivity index (χ4v) is 4.31. The number of anilines is 1. The minimum absolute atomic E-state index is 0.0912. The van der Waals surface area contributed by atoms with Gasteiger partial charge in [-0.25, -0.2) is 9.37 Å². The lowest BCUT2D eigenvalue weighted by atomic mass is 10.0. The van der Waals surface area contributed by atoms with Crippen molar-refractivity contribution in [3.8, 4) is 0 Å². The Labute approximate surface area is 187 Å². The molecule has 1 fully saturated rings. The second-order valence-electron chi connectivity index (χ2n) is 7.34. The van der Waals surface area contributed by atoms with Gasteiger partial charge in [0.2, 0.25) is 0 Å². The van der Waals surface area contributed by atoms with E-state index in [1.54, 1.807) is 5.38 Å². The van der Waals surface area contributed by atoms with E-state index in [0.29, 0.717) is 0 Å². The Morgan fingerprint density at radius 3 is 2.77 bits per heavy atom. The highest BCUT2D eigenvalue weighted by Crippen LogP contribution is 2.20. The number of carbonyl (C=O) groups is 2. The van der Waals surface area contributed by atoms with Crippen LogP contribution in [0.4, 0.5) is 9.52 Å². The van der Waals surface area contributed by atoms with Gasteiger partial charge in [0.15, 0.2) is 5.13 Å². The molecule has 0 unspecified atom stereocenters. The smallest absolute Gasteiger partial charge is 0.271 e. The third-order valence-corrected chi connectivity index (χ3v) is 6.17. The highest BCUT2D eigenvalue weighted by molar-refractivity contribution is 7.14. The number of carbonyl (C=O) groups excluding carboxylic acids is 2. The number of thiazole rings is 1. The zero-order valence-corrected chi connectivity index (χ0v) is 18.1. The predicted octanol–water partition coefficient (Wildman–Crippen LogP) is 3.91. The Morgan fingerprint density at radius 1 is 1.26 bits per heavy atom. The van der Waals surface area contributed by atoms with E-state index in [9.17, 15) is 14.0 Å². The molecule has 2 amide bonds. The molecule has 162 valence electrons. The lowest BCUT2D eigenvalue weighted by Gasteiger charge is -2.31. The fraction of sp³-hybridized carbons (Fsp3) is 0.286. The number of nitrogens with zero attached hydrogens (tertiary/aromatic N) is 2. The van der Waals surface area contributed by atoms with E-state index >= 15 is 0 Å². The molecule has 0 saturated carbocycles. The molecule has 2 aromatic heterocycles. The van der Waals surface area contributed by atoms with Crippen LogP contribution in [0.1, 0.15) is 39.4 Å². The number of nitrogens with one attached hydrogen (secondary N) is 3. The third-order valence-electron chi connectivity index (χ3n) is 5.12. The van der Waals surface area contributed by atoms with Crippen molar-refractivity contribution in [1.82, 2.24) is 20.2 Å². The average molecular weight is 462 g/mol. The number of H-pyrrole nitrogens is 1. The van der Waals surface area contributed by atoms with Crippen LogP contribution in [-0.4, -0.2) is 45.8 Å². The molecule has 0 bridgehead atoms. The third kappa shape index (κ3) is 5.49. The van der Waals surface area contributed by atoms with E-state index in [4.69, 9.17) is 11.6 Å². The normalized spacial score (nSPS) is 15.0. The first-order valence-electron chi connectivity index (χ1n) is 9.85. The number of likely N-dealkylation sites (tertiary alicyclic amines) is 1. The van der Waals surface area contributed by atoms with Gasteiger partial charge in [0.05, 0.1) is 5.02 Å². The Morgan fingerprint density at radius 2 is 2.06 bits per heavy atom. The summed E-state index contributed by atoms with van der Waals surface area (Å²) in [6.07, 6.45) is 3.65. The number of aromatic nitrogens is 2. The second kappa shape index (κ2) is 9.59. The van der Waals surface area contributed by atoms with E-state index < -0.39 is 11.7 Å². The van der Waals surface area contributed by atoms with Gasteiger partial charge in [0.25, 0.3) is 11.8 Å². The van der Waals surface area contributed by atoms with Gasteiger partial charge >= 0.3 is 0 Å². The topological polar surface area (TPSA) is 90.1 Å². The number of hydrogen-bond donors (Lipinski definition) is 3. The molecular weight excluding hydrogens is 441 g/mol. The highest BCUT2D eigenvalue weighted by Gasteiger charge is 2.22. The van der Waals surface area contributed by atoms with Crippen LogP contribution < -0.4 is 10.6 Å². The Hall–Kier alpha value is -2.75. The lowest BCUT2D eigenvalue weighted by Crippen LogP contribution is -2.44. The number of aromatic amines is 1. The molecule has 0 aliphatic carbocycles. The van der Waals surface area contributed by atoms with E-state index in [2.05, 4.69) is 31.6 Å². The van der Waals surface area contributed by atoms with Crippen molar-refractivity contribution in [2.75, 3.05) is 18.4 Å². The van der Waals surface area contributed by atoms with Crippen LogP contribution in [0.5, 0.6) is 0 Å². The molecule has 1 aliphatic rings. The average Bonchev–Trinajstić information content (AvgIpc) is 3.44. The molecule has 4 rings (SSSR count). The molecule has 0 spiro atoms. The van der Waals surface area contributed by atoms with Crippen molar-refractivity contribution < 1.29 is 14.0 Å². The summed E-state index contributed by atoms with van der Waals surface area (Å²) in [5.41, 5.74) is 1.65. The second-order valence-corrected chi connectivity index (χ2v) is 8.61. The first-order chi connectivity index (χ1) is 15.0. The van der Waals surface area contributed by atoms with Gasteiger partial charge in [-0.15, -0.1) is 11.3 Å². The van der Waals surface area contributed by atoms with Crippen LogP contribution in [0.15, 0.2) is 41.9 Å². The first-order valence-corrected chi connectivity index (χ1v) is 11.1. The van der Waals surface area contributed by atoms with Crippen LogP contribution in [0.3, 0.4) is 0 Å². The summed E-state index contributed by atoms with van der Waals surface area (Å²) in [6, 6.07) is 7.85. The summed E-state index contributed by atoms with van der Waals surface area (Å²) in [4.78, 5) is 34.6. The molecule has 3 heterocycles. The van der Waals surface area contributed by atoms with Crippen LogP contribution in [-0.2, 0) is 6.54 Å². The van der Waals surface area contributed by atoms with Crippen molar-refractivity contribution in [2.45, 2.75) is 25.4 Å². The number of benzene rings is 1. The summed E-state index contributed by atoms with van der Waals surface area (Å²) < 4.78 is 13.3. The van der Waals surface area contributed by atoms with Crippen molar-refractivity contribution in [1.29, 1.82) is 0 Å². The highest BCUT2D eigenvalue weighted by atomic mass is 35.5. The molecule has 7 nitrogen and oxygen atoms in total. The van der Waals surface area contributed by atoms with Gasteiger partial charge in [-0.2, -0.15) is 0 Å². The van der Waals surface area contributed by atoms with Gasteiger partial charge in [-0.05, 0) is 43.2 Å². The summed E-state index contributed by atoms with van der Waals surface area (Å²) in [6.45, 7) is 2.69. The Bertz CT molecular complexity index is 1060. The standard InChI is InChI=1S/C21H21ClFN5O2S/c22-16-10-13(3-4-17(16)23)19(29)27-21-26-18(12-31-21)20(30)25-14-5-8-28(9-6-14)11-15-2-1-7-24-15/h1-4,7,10,12,14,24H,5-6,8-9,11H2,(H,25,30)(H,26,27,29). The number of hydrogen-bond acceptors (Lipinski definition) is 5. The molecule has 31 heavy (non-hydrogen) atoms. The van der Waals surface area contributed by atoms with Crippen LogP contribution >= 0.6 is 22.9 Å². The first kappa shape index (κ1) is 21.5. The Balaban J connectivity index is 1.27. The summed E-state index contributed by atoms with van der Waals surface area (Å²) >= 11 is 6.87. The monoisotopic (exact) mass is 461 g/mol. The predicted molar refractivity (Wildman–Crippen MR) is 118 cm³/mol. The summed E-state index contributed by atoms with van der Waals surface area (Å²) in [5, 5.41) is 7.39. The zero-order chi connectivity index (χ0) is 21.8. The zero-order valence-electron chi connectivity index (χ0n) is 16.5. The van der Waals surface area contributed by atoms with Crippen LogP contribution in [0.2, 0.25) is 5.02 Å². The summed E-state index contributed by atoms with van der Waals surface area (Å²) in [5.74, 6) is -1.33. The molecule has 0 radical (unpaired) electrons. The fourth-order valence-electron chi connectivity index (χ4n) is 3.44. The van der Waals surface area contributed by atoms with Crippen molar-refractivity contribution in [2.24, 2.45) is 0 Å². The maximum absolute atomic E-state index is 13.3. The van der Waals surface area contributed by atoms with Gasteiger partial charge in [0.1, 0.15) is 11.5 Å². The van der Waals surface area contributed by atoms with E-state index in [-0.39, 0.29) is 33.4 Å². The van der Waals surface area contributed by atoms with Gasteiger partial charge in [-0.3, -0.25) is 19.8 Å². The van der Waals surface area contributed by atoms with Crippen LogP contribution in [0.25, 0.3) is 0 Å². The molecule has 1 aliphatic heterocycles. The Kier molecular flexibility index (Phi) is 6.64. The minimum atomic E-state index is -0.596. The number of amides is 2. The molecule has 1 saturated heterocycles. The van der Waals surface area contributed by atoms with Crippen LogP contribution in [0, 0.1) is 5.82 Å².